The van der Waals surface area contributed by atoms with Crippen LogP contribution in [0, 0.1) is 4.77 Å². The van der Waals surface area contributed by atoms with E-state index in [0.29, 0.717) is 0 Å². The molecule has 1 aromatic carbocycles. The lowest BCUT2D eigenvalue weighted by Crippen LogP contribution is -3.12. The molecule has 0 atom stereocenters. The van der Waals surface area contributed by atoms with E-state index >= 15 is 0 Å². The second-order valence-electron chi connectivity index (χ2n) is 5.67. The summed E-state index contributed by atoms with van der Waals surface area (Å²) in [4.78, 5) is 1.43. The van der Waals surface area contributed by atoms with Gasteiger partial charge in [-0.15, -0.1) is 5.10 Å². The lowest BCUT2D eigenvalue weighted by molar-refractivity contribution is -0.929. The molecule has 1 fully saturated rings. The van der Waals surface area contributed by atoms with Crippen molar-refractivity contribution in [3.05, 3.63) is 35.1 Å². The minimum Gasteiger partial charge on any atom is -0.393 e. The highest BCUT2D eigenvalue weighted by atomic mass is 32.1. The first-order valence-electron chi connectivity index (χ1n) is 7.36. The largest absolute Gasteiger partial charge is 0.393 e. The van der Waals surface area contributed by atoms with Crippen LogP contribution in [0.15, 0.2) is 30.3 Å². The minimum atomic E-state index is -0.134. The summed E-state index contributed by atoms with van der Waals surface area (Å²) >= 11 is 5.51. The highest BCUT2D eigenvalue weighted by molar-refractivity contribution is 7.71. The first-order chi connectivity index (χ1) is 10.1. The van der Waals surface area contributed by atoms with Crippen LogP contribution >= 0.6 is 12.2 Å². The Balaban J connectivity index is 1.83. The molecule has 0 saturated carbocycles. The molecule has 5 nitrogen and oxygen atoms in total. The molecule has 1 saturated heterocycles. The number of quaternary nitrogens is 1. The number of aliphatic hydroxyl groups excluding tert-OH is 1. The third-order valence-corrected chi connectivity index (χ3v) is 4.59. The van der Waals surface area contributed by atoms with E-state index in [2.05, 4.69) is 5.10 Å². The molecule has 2 heterocycles. The van der Waals surface area contributed by atoms with E-state index < -0.39 is 0 Å². The van der Waals surface area contributed by atoms with Gasteiger partial charge in [0.25, 0.3) is 0 Å². The van der Waals surface area contributed by atoms with Crippen LogP contribution in [0.1, 0.15) is 12.8 Å². The Morgan fingerprint density at radius 3 is 2.62 bits per heavy atom. The van der Waals surface area contributed by atoms with Gasteiger partial charge in [-0.2, -0.15) is 4.68 Å². The quantitative estimate of drug-likeness (QED) is 0.817. The van der Waals surface area contributed by atoms with E-state index in [4.69, 9.17) is 12.2 Å². The molecule has 2 aromatic rings. The Hall–Kier alpha value is -1.50. The fraction of sp³-hybridized carbons (Fsp3) is 0.467. The van der Waals surface area contributed by atoms with Gasteiger partial charge in [0.05, 0.1) is 19.2 Å². The topological polar surface area (TPSA) is 47.4 Å². The molecule has 1 aliphatic heterocycles. The predicted molar refractivity (Wildman–Crippen MR) is 83.4 cm³/mol. The zero-order valence-electron chi connectivity index (χ0n) is 12.2. The average molecular weight is 305 g/mol. The van der Waals surface area contributed by atoms with Gasteiger partial charge in [-0.25, -0.2) is 0 Å². The molecule has 3 rings (SSSR count). The third kappa shape index (κ3) is 3.07. The fourth-order valence-corrected chi connectivity index (χ4v) is 3.00. The van der Waals surface area contributed by atoms with Crippen molar-refractivity contribution in [1.29, 1.82) is 0 Å². The maximum absolute atomic E-state index is 9.58. The summed E-state index contributed by atoms with van der Waals surface area (Å²) in [5.41, 5.74) is 1.08. The second-order valence-corrected chi connectivity index (χ2v) is 6.04. The number of hydrogen-bond acceptors (Lipinski definition) is 3. The first kappa shape index (κ1) is 14.4. The highest BCUT2D eigenvalue weighted by Gasteiger charge is 2.21. The van der Waals surface area contributed by atoms with E-state index in [9.17, 15) is 5.11 Å². The average Bonchev–Trinajstić information content (AvgIpc) is 2.79. The van der Waals surface area contributed by atoms with Gasteiger partial charge in [0, 0.05) is 25.5 Å². The SMILES string of the molecule is Cn1c(-c2ccccc2)nn(C[NH+]2CCC(O)CC2)c1=S. The maximum Gasteiger partial charge on any atom is 0.202 e. The number of benzene rings is 1. The number of likely N-dealkylation sites (tertiary alicyclic amines) is 1. The third-order valence-electron chi connectivity index (χ3n) is 4.11. The van der Waals surface area contributed by atoms with Crippen LogP contribution < -0.4 is 4.90 Å². The summed E-state index contributed by atoms with van der Waals surface area (Å²) in [6.07, 6.45) is 1.59. The van der Waals surface area contributed by atoms with Gasteiger partial charge < -0.3 is 14.6 Å². The molecule has 6 heteroatoms. The van der Waals surface area contributed by atoms with Gasteiger partial charge in [-0.1, -0.05) is 30.3 Å². The Morgan fingerprint density at radius 1 is 1.29 bits per heavy atom. The Morgan fingerprint density at radius 2 is 1.95 bits per heavy atom. The summed E-state index contributed by atoms with van der Waals surface area (Å²) in [6, 6.07) is 10.1. The van der Waals surface area contributed by atoms with E-state index in [-0.39, 0.29) is 6.10 Å². The fourth-order valence-electron chi connectivity index (χ4n) is 2.81. The lowest BCUT2D eigenvalue weighted by Gasteiger charge is -2.26. The van der Waals surface area contributed by atoms with Gasteiger partial charge >= 0.3 is 0 Å². The molecule has 1 aromatic heterocycles. The van der Waals surface area contributed by atoms with Crippen LogP contribution in [-0.4, -0.2) is 38.6 Å². The Labute approximate surface area is 129 Å². The van der Waals surface area contributed by atoms with Crippen molar-refractivity contribution in [2.75, 3.05) is 13.1 Å². The van der Waals surface area contributed by atoms with Gasteiger partial charge in [0.1, 0.15) is 0 Å². The zero-order chi connectivity index (χ0) is 14.8. The number of aromatic nitrogens is 3. The van der Waals surface area contributed by atoms with Crippen LogP contribution in [0.4, 0.5) is 0 Å². The van der Waals surface area contributed by atoms with Gasteiger partial charge in [0.15, 0.2) is 12.5 Å². The van der Waals surface area contributed by atoms with Crippen molar-refractivity contribution >= 4 is 12.2 Å². The lowest BCUT2D eigenvalue weighted by atomic mass is 10.1. The molecule has 0 radical (unpaired) electrons. The van der Waals surface area contributed by atoms with Crippen LogP contribution in [0.25, 0.3) is 11.4 Å². The molecule has 0 spiro atoms. The molecule has 21 heavy (non-hydrogen) atoms. The van der Waals surface area contributed by atoms with E-state index in [1.807, 2.05) is 46.6 Å². The molecule has 2 N–H and O–H groups in total. The normalized spacial score (nSPS) is 22.4. The monoisotopic (exact) mass is 305 g/mol. The van der Waals surface area contributed by atoms with Crippen molar-refractivity contribution in [3.63, 3.8) is 0 Å². The van der Waals surface area contributed by atoms with Crippen LogP contribution in [0.3, 0.4) is 0 Å². The smallest absolute Gasteiger partial charge is 0.202 e. The standard InChI is InChI=1S/C15H20N4OS/c1-17-14(12-5-3-2-4-6-12)16-19(15(17)21)11-18-9-7-13(20)8-10-18/h2-6,13,20H,7-11H2,1H3/p+1. The summed E-state index contributed by atoms with van der Waals surface area (Å²) in [5.74, 6) is 0.900. The number of rotatable bonds is 3. The van der Waals surface area contributed by atoms with E-state index in [0.717, 1.165) is 48.8 Å². The Bertz CT molecular complexity index is 656. The van der Waals surface area contributed by atoms with Crippen molar-refractivity contribution in [2.24, 2.45) is 7.05 Å². The number of hydrogen-bond donors (Lipinski definition) is 2. The first-order valence-corrected chi connectivity index (χ1v) is 7.77. The summed E-state index contributed by atoms with van der Waals surface area (Å²) in [7, 11) is 1.96. The molecule has 0 amide bonds. The number of aliphatic hydroxyl groups is 1. The minimum absolute atomic E-state index is 0.134. The van der Waals surface area contributed by atoms with Crippen molar-refractivity contribution in [1.82, 2.24) is 14.3 Å². The van der Waals surface area contributed by atoms with Crippen molar-refractivity contribution in [2.45, 2.75) is 25.6 Å². The second kappa shape index (κ2) is 6.09. The predicted octanol–water partition coefficient (Wildman–Crippen LogP) is 0.615. The van der Waals surface area contributed by atoms with Gasteiger partial charge in [-0.05, 0) is 12.2 Å². The molecule has 0 unspecified atom stereocenters. The van der Waals surface area contributed by atoms with Crippen LogP contribution in [0.5, 0.6) is 0 Å². The zero-order valence-corrected chi connectivity index (χ0v) is 13.0. The molecular formula is C15H21N4OS+. The number of piperidine rings is 1. The van der Waals surface area contributed by atoms with Crippen molar-refractivity contribution in [3.8, 4) is 11.4 Å². The molecule has 0 bridgehead atoms. The number of nitrogens with one attached hydrogen (secondary N) is 1. The molecule has 0 aliphatic carbocycles. The maximum atomic E-state index is 9.58. The molecular weight excluding hydrogens is 284 g/mol. The molecule has 112 valence electrons. The highest BCUT2D eigenvalue weighted by Crippen LogP contribution is 2.16. The molecule has 1 aliphatic rings. The summed E-state index contributed by atoms with van der Waals surface area (Å²) < 4.78 is 4.61. The van der Waals surface area contributed by atoms with Crippen molar-refractivity contribution < 1.29 is 10.0 Å². The Kier molecular flexibility index (Phi) is 4.19. The van der Waals surface area contributed by atoms with Gasteiger partial charge in [-0.3, -0.25) is 0 Å². The summed E-state index contributed by atoms with van der Waals surface area (Å²) in [6.45, 7) is 2.71. The van der Waals surface area contributed by atoms with Crippen LogP contribution in [0.2, 0.25) is 0 Å². The number of nitrogens with zero attached hydrogens (tertiary/aromatic N) is 3. The van der Waals surface area contributed by atoms with Crippen LogP contribution in [-0.2, 0) is 13.7 Å². The van der Waals surface area contributed by atoms with E-state index in [1.54, 1.807) is 0 Å². The van der Waals surface area contributed by atoms with E-state index in [1.165, 1.54) is 4.90 Å². The van der Waals surface area contributed by atoms with Gasteiger partial charge in [0.2, 0.25) is 4.77 Å². The summed E-state index contributed by atoms with van der Waals surface area (Å²) in [5, 5.41) is 14.3.